The fraction of sp³-hybridized carbons (Fsp3) is 0.754. The molecule has 0 aromatic carbocycles. The van der Waals surface area contributed by atoms with Crippen molar-refractivity contribution in [2.45, 2.75) is 251 Å². The number of carbonyl (C=O) groups excluding carboxylic acids is 2. The zero-order valence-corrected chi connectivity index (χ0v) is 44.0. The van der Waals surface area contributed by atoms with Gasteiger partial charge in [-0.3, -0.25) is 18.6 Å². The lowest BCUT2D eigenvalue weighted by atomic mass is 10.0. The summed E-state index contributed by atoms with van der Waals surface area (Å²) in [6.07, 6.45) is 66.7. The van der Waals surface area contributed by atoms with Gasteiger partial charge in [-0.05, 0) is 83.5 Å². The molecule has 2 unspecified atom stereocenters. The van der Waals surface area contributed by atoms with Crippen molar-refractivity contribution in [1.29, 1.82) is 0 Å². The summed E-state index contributed by atoms with van der Waals surface area (Å²) in [5.41, 5.74) is 5.37. The zero-order valence-electron chi connectivity index (χ0n) is 43.1. The van der Waals surface area contributed by atoms with Crippen LogP contribution in [0.5, 0.6) is 0 Å². The van der Waals surface area contributed by atoms with Crippen LogP contribution in [0, 0.1) is 0 Å². The molecule has 0 aromatic heterocycles. The SMILES string of the molecule is CC/C=C\C/C=C\C/C=C\C/C=C\C/C=C\CCCCCCCCCCCCCCCCCC(=O)OC(COC(=O)CCCCCCC/C=C\CCCCCCCC)COP(=O)(O)OCCN. The highest BCUT2D eigenvalue weighted by Crippen LogP contribution is 2.43. The highest BCUT2D eigenvalue weighted by Gasteiger charge is 2.26. The van der Waals surface area contributed by atoms with E-state index in [1.54, 1.807) is 0 Å². The van der Waals surface area contributed by atoms with E-state index in [-0.39, 0.29) is 38.6 Å². The Kier molecular flexibility index (Phi) is 50.8. The Morgan fingerprint density at radius 1 is 0.463 bits per heavy atom. The molecule has 2 atom stereocenters. The maximum absolute atomic E-state index is 12.7. The van der Waals surface area contributed by atoms with E-state index in [4.69, 9.17) is 24.3 Å². The first-order chi connectivity index (χ1) is 32.8. The minimum atomic E-state index is -4.39. The Morgan fingerprint density at radius 2 is 0.821 bits per heavy atom. The van der Waals surface area contributed by atoms with E-state index in [9.17, 15) is 19.0 Å². The van der Waals surface area contributed by atoms with Crippen molar-refractivity contribution >= 4 is 19.8 Å². The molecule has 0 heterocycles. The van der Waals surface area contributed by atoms with Gasteiger partial charge in [0.2, 0.25) is 0 Å². The van der Waals surface area contributed by atoms with Crippen molar-refractivity contribution in [2.24, 2.45) is 5.73 Å². The first-order valence-corrected chi connectivity index (χ1v) is 28.9. The number of phosphoric ester groups is 1. The molecule has 0 saturated carbocycles. The standard InChI is InChI=1S/C57H102NO8P/c1-3-5-7-9-11-13-15-17-19-20-21-22-23-24-25-26-27-28-29-30-31-32-33-34-36-38-40-42-44-46-48-50-57(60)66-55(54-65-67(61,62)64-52-51-58)53-63-56(59)49-47-45-43-41-39-37-35-18-16-14-12-10-8-6-4-2/h5,7,11,13,17-19,21-22,24-25,35,55H,3-4,6,8-10,12,14-16,20,23,26-34,36-54,58H2,1-2H3,(H,61,62)/b7-5-,13-11-,19-17-,22-21-,25-24-,35-18-. The molecule has 388 valence electrons. The lowest BCUT2D eigenvalue weighted by Crippen LogP contribution is -2.29. The molecule has 0 aromatic rings. The average molecular weight is 960 g/mol. The summed E-state index contributed by atoms with van der Waals surface area (Å²) in [6.45, 7) is 3.63. The van der Waals surface area contributed by atoms with Gasteiger partial charge in [0.05, 0.1) is 13.2 Å². The number of unbranched alkanes of at least 4 members (excludes halogenated alkanes) is 26. The number of carbonyl (C=O) groups is 2. The largest absolute Gasteiger partial charge is 0.472 e. The van der Waals surface area contributed by atoms with Crippen LogP contribution in [-0.2, 0) is 32.7 Å². The first-order valence-electron chi connectivity index (χ1n) is 27.4. The minimum absolute atomic E-state index is 0.0509. The maximum Gasteiger partial charge on any atom is 0.472 e. The third-order valence-corrected chi connectivity index (χ3v) is 12.6. The molecule has 10 heteroatoms. The van der Waals surface area contributed by atoms with Gasteiger partial charge in [-0.15, -0.1) is 0 Å². The van der Waals surface area contributed by atoms with Gasteiger partial charge in [0, 0.05) is 19.4 Å². The van der Waals surface area contributed by atoms with Crippen molar-refractivity contribution in [3.05, 3.63) is 72.9 Å². The molecule has 0 spiro atoms. The molecule has 0 fully saturated rings. The highest BCUT2D eigenvalue weighted by atomic mass is 31.2. The summed E-state index contributed by atoms with van der Waals surface area (Å²) >= 11 is 0. The summed E-state index contributed by atoms with van der Waals surface area (Å²) < 4.78 is 32.9. The summed E-state index contributed by atoms with van der Waals surface area (Å²) in [5.74, 6) is -0.834. The van der Waals surface area contributed by atoms with E-state index in [2.05, 4.69) is 86.8 Å². The lowest BCUT2D eigenvalue weighted by molar-refractivity contribution is -0.161. The lowest BCUT2D eigenvalue weighted by Gasteiger charge is -2.19. The molecule has 0 radical (unpaired) electrons. The van der Waals surface area contributed by atoms with Gasteiger partial charge in [0.25, 0.3) is 0 Å². The Balaban J connectivity index is 3.95. The van der Waals surface area contributed by atoms with Crippen LogP contribution in [0.3, 0.4) is 0 Å². The van der Waals surface area contributed by atoms with Crippen LogP contribution in [0.25, 0.3) is 0 Å². The van der Waals surface area contributed by atoms with Gasteiger partial charge in [-0.2, -0.15) is 0 Å². The van der Waals surface area contributed by atoms with E-state index in [1.807, 2.05) is 0 Å². The minimum Gasteiger partial charge on any atom is -0.462 e. The molecule has 67 heavy (non-hydrogen) atoms. The highest BCUT2D eigenvalue weighted by molar-refractivity contribution is 7.47. The molecular formula is C57H102NO8P. The molecule has 3 N–H and O–H groups in total. The molecule has 0 aliphatic heterocycles. The summed E-state index contributed by atoms with van der Waals surface area (Å²) in [7, 11) is -4.39. The third-order valence-electron chi connectivity index (χ3n) is 11.6. The molecule has 0 rings (SSSR count). The number of nitrogens with two attached hydrogens (primary N) is 1. The predicted octanol–water partition coefficient (Wildman–Crippen LogP) is 17.0. The van der Waals surface area contributed by atoms with E-state index in [1.165, 1.54) is 122 Å². The van der Waals surface area contributed by atoms with Crippen LogP contribution in [0.15, 0.2) is 72.9 Å². The van der Waals surface area contributed by atoms with E-state index < -0.39 is 26.5 Å². The smallest absolute Gasteiger partial charge is 0.462 e. The van der Waals surface area contributed by atoms with Gasteiger partial charge in [-0.25, -0.2) is 4.57 Å². The maximum atomic E-state index is 12.7. The number of rotatable bonds is 51. The molecule has 0 aliphatic rings. The number of phosphoric acid groups is 1. The number of ether oxygens (including phenoxy) is 2. The van der Waals surface area contributed by atoms with Crippen LogP contribution in [0.1, 0.15) is 245 Å². The Labute approximate surface area is 411 Å². The average Bonchev–Trinajstić information content (AvgIpc) is 3.32. The van der Waals surface area contributed by atoms with Crippen LogP contribution in [-0.4, -0.2) is 49.3 Å². The van der Waals surface area contributed by atoms with E-state index >= 15 is 0 Å². The third kappa shape index (κ3) is 52.7. The number of hydrogen-bond donors (Lipinski definition) is 2. The van der Waals surface area contributed by atoms with Crippen LogP contribution >= 0.6 is 7.82 Å². The molecular weight excluding hydrogens is 858 g/mol. The van der Waals surface area contributed by atoms with E-state index in [0.29, 0.717) is 6.42 Å². The van der Waals surface area contributed by atoms with Crippen molar-refractivity contribution in [3.63, 3.8) is 0 Å². The number of esters is 2. The number of allylic oxidation sites excluding steroid dienone is 12. The van der Waals surface area contributed by atoms with Crippen LogP contribution in [0.4, 0.5) is 0 Å². The summed E-state index contributed by atoms with van der Waals surface area (Å²) in [5, 5.41) is 0. The summed E-state index contributed by atoms with van der Waals surface area (Å²) in [6, 6.07) is 0. The Morgan fingerprint density at radius 3 is 1.24 bits per heavy atom. The van der Waals surface area contributed by atoms with Crippen molar-refractivity contribution in [2.75, 3.05) is 26.4 Å². The van der Waals surface area contributed by atoms with Crippen molar-refractivity contribution in [1.82, 2.24) is 0 Å². The van der Waals surface area contributed by atoms with Crippen molar-refractivity contribution in [3.8, 4) is 0 Å². The van der Waals surface area contributed by atoms with Gasteiger partial charge in [0.1, 0.15) is 6.61 Å². The van der Waals surface area contributed by atoms with Crippen LogP contribution in [0.2, 0.25) is 0 Å². The molecule has 0 saturated heterocycles. The fourth-order valence-corrected chi connectivity index (χ4v) is 8.31. The molecule has 0 amide bonds. The van der Waals surface area contributed by atoms with Gasteiger partial charge in [-0.1, -0.05) is 222 Å². The van der Waals surface area contributed by atoms with Gasteiger partial charge in [0.15, 0.2) is 6.10 Å². The quantitative estimate of drug-likeness (QED) is 0.0264. The summed E-state index contributed by atoms with van der Waals surface area (Å²) in [4.78, 5) is 35.1. The van der Waals surface area contributed by atoms with Gasteiger partial charge >= 0.3 is 19.8 Å². The fourth-order valence-electron chi connectivity index (χ4n) is 7.54. The molecule has 9 nitrogen and oxygen atoms in total. The zero-order chi connectivity index (χ0) is 48.8. The monoisotopic (exact) mass is 960 g/mol. The second-order valence-corrected chi connectivity index (χ2v) is 19.5. The van der Waals surface area contributed by atoms with Gasteiger partial charge < -0.3 is 20.1 Å². The van der Waals surface area contributed by atoms with E-state index in [0.717, 1.165) is 89.9 Å². The second-order valence-electron chi connectivity index (χ2n) is 18.1. The Bertz CT molecular complexity index is 1320. The number of hydrogen-bond acceptors (Lipinski definition) is 8. The Hall–Kier alpha value is -2.55. The van der Waals surface area contributed by atoms with Crippen molar-refractivity contribution < 1.29 is 37.6 Å². The molecule has 0 aliphatic carbocycles. The first kappa shape index (κ1) is 64.5. The second kappa shape index (κ2) is 52.8. The molecule has 0 bridgehead atoms. The topological polar surface area (TPSA) is 134 Å². The van der Waals surface area contributed by atoms with Crippen LogP contribution < -0.4 is 5.73 Å². The predicted molar refractivity (Wildman–Crippen MR) is 284 cm³/mol. The normalized spacial score (nSPS) is 13.7.